The van der Waals surface area contributed by atoms with E-state index in [9.17, 15) is 0 Å². The van der Waals surface area contributed by atoms with Crippen LogP contribution in [-0.4, -0.2) is 48.8 Å². The molecule has 0 aromatic rings. The first-order valence-corrected chi connectivity index (χ1v) is 2.10. The molecule has 0 saturated carbocycles. The fourth-order valence-corrected chi connectivity index (χ4v) is 0. The third-order valence-electron chi connectivity index (χ3n) is 0. The van der Waals surface area contributed by atoms with E-state index in [-0.39, 0.29) is 31.3 Å². The topological polar surface area (TPSA) is 106 Å². The van der Waals surface area contributed by atoms with Crippen molar-refractivity contribution in [3.8, 4) is 0 Å². The summed E-state index contributed by atoms with van der Waals surface area (Å²) in [4.78, 5) is 0. The van der Waals surface area contributed by atoms with Gasteiger partial charge < -0.3 is 5.48 Å². The second kappa shape index (κ2) is 4.85. The average molecular weight is 234 g/mol. The molecule has 0 fully saturated rings. The van der Waals surface area contributed by atoms with Crippen molar-refractivity contribution in [3.05, 3.63) is 0 Å². The third kappa shape index (κ3) is 302. The molecule has 46 valence electrons. The summed E-state index contributed by atoms with van der Waals surface area (Å²) in [7, 11) is -4.67. The Kier molecular flexibility index (Phi) is 10.8. The summed E-state index contributed by atoms with van der Waals surface area (Å²) < 4.78 is 31.6. The Balaban J connectivity index is -0.0000000800. The van der Waals surface area contributed by atoms with E-state index >= 15 is 0 Å². The van der Waals surface area contributed by atoms with E-state index in [0.717, 1.165) is 0 Å². The molecule has 0 radical (unpaired) electrons. The first-order valence-electron chi connectivity index (χ1n) is 0.698. The molecular weight excluding hydrogens is 227 g/mol. The Labute approximate surface area is 59.4 Å². The Morgan fingerprint density at radius 1 is 1.14 bits per heavy atom. The molecule has 0 aromatic heterocycles. The van der Waals surface area contributed by atoms with Crippen LogP contribution < -0.4 is 0 Å². The van der Waals surface area contributed by atoms with E-state index in [1.165, 1.54) is 0 Å². The van der Waals surface area contributed by atoms with Gasteiger partial charge in [-0.2, -0.15) is 8.42 Å². The molecule has 0 spiro atoms. The fourth-order valence-electron chi connectivity index (χ4n) is 0. The molecule has 0 aliphatic carbocycles. The molecule has 0 rings (SSSR count). The molecule has 0 saturated heterocycles. The quantitative estimate of drug-likeness (QED) is 0.446. The van der Waals surface area contributed by atoms with Crippen LogP contribution in [0, 0.1) is 0 Å². The molecule has 0 aliphatic rings. The summed E-state index contributed by atoms with van der Waals surface area (Å²) in [6.07, 6.45) is 0. The Hall–Kier alpha value is 0.700. The molecule has 0 amide bonds. The molecule has 0 bridgehead atoms. The molecule has 4 N–H and O–H groups in total. The zero-order valence-corrected chi connectivity index (χ0v) is 3.44. The Morgan fingerprint density at radius 3 is 1.14 bits per heavy atom. The Morgan fingerprint density at radius 2 is 1.14 bits per heavy atom. The van der Waals surface area contributed by atoms with Gasteiger partial charge in [-0.05, 0) is 0 Å². The monoisotopic (exact) mass is 234 g/mol. The van der Waals surface area contributed by atoms with Crippen molar-refractivity contribution in [1.29, 1.82) is 0 Å². The van der Waals surface area contributed by atoms with Crippen LogP contribution in [0.2, 0.25) is 0 Å². The van der Waals surface area contributed by atoms with Gasteiger partial charge >= 0.3 is 36.2 Å². The molecule has 7 heteroatoms. The first kappa shape index (κ1) is 15.6. The van der Waals surface area contributed by atoms with Gasteiger partial charge in [-0.25, -0.2) is 0 Å². The summed E-state index contributed by atoms with van der Waals surface area (Å²) in [5.74, 6) is 0. The zero-order chi connectivity index (χ0) is 4.50. The van der Waals surface area contributed by atoms with E-state index < -0.39 is 10.4 Å². The minimum atomic E-state index is -4.67. The number of hydrogen-bond acceptors (Lipinski definition) is 2. The van der Waals surface area contributed by atoms with E-state index in [1.807, 2.05) is 0 Å². The second-order valence-electron chi connectivity index (χ2n) is 0.448. The second-order valence-corrected chi connectivity index (χ2v) is 1.34. The summed E-state index contributed by atoms with van der Waals surface area (Å²) in [5, 5.41) is 0. The van der Waals surface area contributed by atoms with Crippen molar-refractivity contribution in [1.82, 2.24) is 0 Å². The zero-order valence-electron chi connectivity index (χ0n) is 2.62. The van der Waals surface area contributed by atoms with Crippen molar-refractivity contribution in [2.75, 3.05) is 0 Å². The molecular formula is H7InO5S. The van der Waals surface area contributed by atoms with Crippen LogP contribution in [0.25, 0.3) is 0 Å². The van der Waals surface area contributed by atoms with Gasteiger partial charge in [-0.1, -0.05) is 0 Å². The van der Waals surface area contributed by atoms with Crippen LogP contribution >= 0.6 is 0 Å². The third-order valence-corrected chi connectivity index (χ3v) is 0. The van der Waals surface area contributed by atoms with E-state index in [0.29, 0.717) is 0 Å². The van der Waals surface area contributed by atoms with Gasteiger partial charge in [0.2, 0.25) is 0 Å². The molecule has 0 unspecified atom stereocenters. The van der Waals surface area contributed by atoms with Crippen LogP contribution in [0.3, 0.4) is 0 Å². The number of hydrogen-bond donors (Lipinski definition) is 2. The van der Waals surface area contributed by atoms with Crippen molar-refractivity contribution >= 4 is 36.2 Å². The summed E-state index contributed by atoms with van der Waals surface area (Å²) in [6, 6.07) is 0. The van der Waals surface area contributed by atoms with Gasteiger partial charge in [0.05, 0.1) is 0 Å². The van der Waals surface area contributed by atoms with Gasteiger partial charge in [0.1, 0.15) is 0 Å². The molecule has 5 nitrogen and oxygen atoms in total. The van der Waals surface area contributed by atoms with Crippen molar-refractivity contribution in [2.24, 2.45) is 0 Å². The van der Waals surface area contributed by atoms with Crippen LogP contribution in [-0.2, 0) is 10.4 Å². The summed E-state index contributed by atoms with van der Waals surface area (Å²) in [5.41, 5.74) is 0. The molecule has 7 heavy (non-hydrogen) atoms. The fraction of sp³-hybridized carbons (Fsp3) is 0. The predicted octanol–water partition coefficient (Wildman–Crippen LogP) is -2.66. The van der Waals surface area contributed by atoms with Crippen molar-refractivity contribution in [2.45, 2.75) is 0 Å². The molecule has 0 aromatic carbocycles. The van der Waals surface area contributed by atoms with Gasteiger partial charge in [0, 0.05) is 0 Å². The van der Waals surface area contributed by atoms with E-state index in [1.54, 1.807) is 0 Å². The SMILES string of the molecule is O.O=S(=O)(O)O.[InH3]. The molecule has 0 heterocycles. The van der Waals surface area contributed by atoms with Crippen molar-refractivity contribution < 1.29 is 23.0 Å². The first-order chi connectivity index (χ1) is 2.00. The normalized spacial score (nSPS) is 8.29. The van der Waals surface area contributed by atoms with Crippen LogP contribution in [0.1, 0.15) is 0 Å². The summed E-state index contributed by atoms with van der Waals surface area (Å²) >= 11 is 0. The van der Waals surface area contributed by atoms with Gasteiger partial charge in [-0.3, -0.25) is 9.11 Å². The van der Waals surface area contributed by atoms with Gasteiger partial charge in [0.15, 0.2) is 0 Å². The van der Waals surface area contributed by atoms with Crippen LogP contribution in [0.4, 0.5) is 0 Å². The standard InChI is InChI=1S/In.H2O4S.H2O.3H/c;1-5(2,3)4;;;;/h;(H2,1,2,3,4);1H2;;;. The maximum atomic E-state index is 8.74. The molecule has 0 aliphatic heterocycles. The number of rotatable bonds is 0. The minimum absolute atomic E-state index is 0. The van der Waals surface area contributed by atoms with E-state index in [4.69, 9.17) is 17.5 Å². The van der Waals surface area contributed by atoms with Crippen LogP contribution in [0.5, 0.6) is 0 Å². The molecule has 0 atom stereocenters. The van der Waals surface area contributed by atoms with Gasteiger partial charge in [0.25, 0.3) is 0 Å². The average Bonchev–Trinajstić information content (AvgIpc) is 0.722. The van der Waals surface area contributed by atoms with Crippen molar-refractivity contribution in [3.63, 3.8) is 0 Å². The summed E-state index contributed by atoms with van der Waals surface area (Å²) in [6.45, 7) is 0. The predicted molar refractivity (Wildman–Crippen MR) is 27.7 cm³/mol. The Bertz CT molecular complexity index is 91.2. The van der Waals surface area contributed by atoms with Crippen LogP contribution in [0.15, 0.2) is 0 Å². The van der Waals surface area contributed by atoms with E-state index in [2.05, 4.69) is 0 Å². The van der Waals surface area contributed by atoms with Gasteiger partial charge in [-0.15, -0.1) is 0 Å². The maximum absolute atomic E-state index is 8.74.